The van der Waals surface area contributed by atoms with Crippen molar-refractivity contribution in [1.82, 2.24) is 42.5 Å². The second-order valence-corrected chi connectivity index (χ2v) is 28.3. The molecule has 4 aliphatic carbocycles. The minimum Gasteiger partial charge on any atom is -0.286 e. The Morgan fingerprint density at radius 3 is 0.732 bits per heavy atom. The molecule has 320 valence electrons. The zero-order valence-corrected chi connectivity index (χ0v) is 45.6. The Morgan fingerprint density at radius 2 is 0.393 bits per heavy atom. The van der Waals surface area contributed by atoms with E-state index in [1.807, 2.05) is 0 Å². The van der Waals surface area contributed by atoms with Crippen LogP contribution in [-0.4, -0.2) is 132 Å². The highest BCUT2D eigenvalue weighted by atomic mass is 79.9. The van der Waals surface area contributed by atoms with Gasteiger partial charge in [-0.3, -0.25) is 42.5 Å². The van der Waals surface area contributed by atoms with E-state index in [1.165, 1.54) is 0 Å². The molecule has 32 atom stereocenters. The van der Waals surface area contributed by atoms with Gasteiger partial charge in [0.05, 0.1) is 103 Å². The summed E-state index contributed by atoms with van der Waals surface area (Å²) in [5.74, 6) is -0.666. The first-order chi connectivity index (χ1) is 26.4. The molecular formula is C32H40Br6Cl10N8. The number of halogens is 16. The van der Waals surface area contributed by atoms with Gasteiger partial charge in [-0.25, -0.2) is 0 Å². The lowest BCUT2D eigenvalue weighted by Gasteiger charge is -2.46. The van der Waals surface area contributed by atoms with E-state index in [1.54, 1.807) is 0 Å². The van der Waals surface area contributed by atoms with Gasteiger partial charge in [-0.2, -0.15) is 0 Å². The van der Waals surface area contributed by atoms with Crippen molar-refractivity contribution in [2.45, 2.75) is 132 Å². The average molecular weight is 1370 g/mol. The van der Waals surface area contributed by atoms with Gasteiger partial charge in [0.25, 0.3) is 0 Å². The van der Waals surface area contributed by atoms with E-state index in [0.717, 1.165) is 0 Å². The van der Waals surface area contributed by atoms with Crippen molar-refractivity contribution in [1.29, 1.82) is 0 Å². The van der Waals surface area contributed by atoms with Gasteiger partial charge in [-0.05, 0) is 0 Å². The van der Waals surface area contributed by atoms with Crippen molar-refractivity contribution in [3.05, 3.63) is 0 Å². The van der Waals surface area contributed by atoms with E-state index in [-0.39, 0.29) is 153 Å². The van der Waals surface area contributed by atoms with Gasteiger partial charge < -0.3 is 0 Å². The fourth-order valence-corrected chi connectivity index (χ4v) is 22.2. The summed E-state index contributed by atoms with van der Waals surface area (Å²) in [6.07, 6.45) is -2.11. The number of fused-ring (bicyclic) bond motifs is 20. The van der Waals surface area contributed by atoms with Crippen LogP contribution in [0, 0.1) is 47.3 Å². The molecule has 56 heavy (non-hydrogen) atoms. The van der Waals surface area contributed by atoms with Crippen LogP contribution in [0.1, 0.15) is 0 Å². The average Bonchev–Trinajstić information content (AvgIpc) is 3.92. The van der Waals surface area contributed by atoms with E-state index in [0.29, 0.717) is 0 Å². The summed E-state index contributed by atoms with van der Waals surface area (Å²) < 4.78 is 0. The zero-order valence-electron chi connectivity index (χ0n) is 28.5. The Morgan fingerprint density at radius 1 is 0.196 bits per heavy atom. The first kappa shape index (κ1) is 46.6. The quantitative estimate of drug-likeness (QED) is 0.123. The smallest absolute Gasteiger partial charge is 0.0678 e. The Kier molecular flexibility index (Phi) is 14.8. The molecule has 9 fully saturated rings. The lowest BCUT2D eigenvalue weighted by molar-refractivity contribution is 0.187. The first-order valence-corrected chi connectivity index (χ1v) is 28.6. The van der Waals surface area contributed by atoms with Gasteiger partial charge in [-0.15, -0.1) is 116 Å². The minimum atomic E-state index is -0.478. The predicted octanol–water partition coefficient (Wildman–Crippen LogP) is 7.02. The lowest BCUT2D eigenvalue weighted by Crippen LogP contribution is -2.62. The van der Waals surface area contributed by atoms with Gasteiger partial charge in [0, 0.05) is 76.3 Å². The van der Waals surface area contributed by atoms with Crippen LogP contribution in [0.15, 0.2) is 0 Å². The van der Waals surface area contributed by atoms with Gasteiger partial charge in [0.2, 0.25) is 0 Å². The third kappa shape index (κ3) is 7.42. The maximum absolute atomic E-state index is 7.41. The van der Waals surface area contributed by atoms with Gasteiger partial charge in [0.15, 0.2) is 0 Å². The molecule has 5 aliphatic heterocycles. The fraction of sp³-hybridized carbons (Fsp3) is 1.00. The lowest BCUT2D eigenvalue weighted by atomic mass is 9.75. The molecule has 24 heteroatoms. The van der Waals surface area contributed by atoms with E-state index >= 15 is 0 Å². The molecule has 0 aromatic rings. The Bertz CT molecular complexity index is 1180. The van der Waals surface area contributed by atoms with Crippen molar-refractivity contribution in [2.75, 3.05) is 0 Å². The Hall–Kier alpha value is 5.46. The fourth-order valence-electron chi connectivity index (χ4n) is 11.8. The molecule has 5 heterocycles. The summed E-state index contributed by atoms with van der Waals surface area (Å²) in [6, 6.07) is 0. The molecule has 0 aromatic heterocycles. The summed E-state index contributed by atoms with van der Waals surface area (Å²) in [7, 11) is 0. The normalized spacial score (nSPS) is 66.0. The van der Waals surface area contributed by atoms with Crippen LogP contribution in [0.2, 0.25) is 0 Å². The topological polar surface area (TPSA) is 96.2 Å². The Labute approximate surface area is 428 Å². The summed E-state index contributed by atoms with van der Waals surface area (Å²) in [4.78, 5) is -0.872. The van der Waals surface area contributed by atoms with Crippen LogP contribution < -0.4 is 42.5 Å². The highest BCUT2D eigenvalue weighted by molar-refractivity contribution is 9.10. The van der Waals surface area contributed by atoms with E-state index in [9.17, 15) is 0 Å². The summed E-state index contributed by atoms with van der Waals surface area (Å²) >= 11 is 95.9. The van der Waals surface area contributed by atoms with Crippen LogP contribution in [0.25, 0.3) is 0 Å². The first-order valence-electron chi connectivity index (χ1n) is 18.8. The molecule has 32 unspecified atom stereocenters. The third-order valence-corrected chi connectivity index (χ3v) is 29.9. The second-order valence-electron chi connectivity index (χ2n) is 16.9. The maximum Gasteiger partial charge on any atom is 0.0678 e. The number of nitrogens with one attached hydrogen (secondary N) is 8. The van der Waals surface area contributed by atoms with Gasteiger partial charge in [0.1, 0.15) is 0 Å². The molecule has 0 aromatic carbocycles. The largest absolute Gasteiger partial charge is 0.286 e. The van der Waals surface area contributed by atoms with E-state index < -0.39 is 26.9 Å². The van der Waals surface area contributed by atoms with Crippen molar-refractivity contribution >= 4 is 212 Å². The highest BCUT2D eigenvalue weighted by Crippen LogP contribution is 2.54. The van der Waals surface area contributed by atoms with Gasteiger partial charge >= 0.3 is 0 Å². The van der Waals surface area contributed by atoms with Crippen LogP contribution in [-0.2, 0) is 0 Å². The standard InChI is InChI=1S/C32H40Br6Cl10N8/c33-9-1-4(15(39)12(36)20(9)44)28-49-25(1)53-31-7-8(18(42)23(47)14(38)17(7)41)32(56-31)54-26-2-5(16(40)13(37)21(45)10(2)34)29(50-26)55-30-6-3(27(51-28)52-30)11(35)22(46)24(48)19(6)43/h1-32,49-56H. The predicted molar refractivity (Wildman–Crippen MR) is 256 cm³/mol. The molecule has 8 nitrogen and oxygen atoms in total. The number of rotatable bonds is 0. The van der Waals surface area contributed by atoms with Crippen LogP contribution in [0.4, 0.5) is 0 Å². The number of hydrogen-bond donors (Lipinski definition) is 8. The number of alkyl halides is 16. The van der Waals surface area contributed by atoms with Crippen molar-refractivity contribution in [3.63, 3.8) is 0 Å². The summed E-state index contributed by atoms with van der Waals surface area (Å²) in [5, 5.41) is 28.0. The number of hydrogen-bond acceptors (Lipinski definition) is 8. The minimum absolute atomic E-state index is 0.0293. The molecule has 8 N–H and O–H groups in total. The molecule has 4 saturated carbocycles. The van der Waals surface area contributed by atoms with E-state index in [2.05, 4.69) is 138 Å². The molecule has 0 radical (unpaired) electrons. The van der Waals surface area contributed by atoms with Crippen molar-refractivity contribution in [2.24, 2.45) is 47.3 Å². The molecule has 8 bridgehead atoms. The van der Waals surface area contributed by atoms with E-state index in [4.69, 9.17) is 116 Å². The van der Waals surface area contributed by atoms with Crippen molar-refractivity contribution < 1.29 is 0 Å². The van der Waals surface area contributed by atoms with Crippen LogP contribution in [0.5, 0.6) is 0 Å². The molecule has 9 aliphatic rings. The third-order valence-electron chi connectivity index (χ3n) is 14.3. The molecule has 0 amide bonds. The van der Waals surface area contributed by atoms with Crippen LogP contribution in [0.3, 0.4) is 0 Å². The monoisotopic (exact) mass is 1360 g/mol. The molecule has 9 rings (SSSR count). The van der Waals surface area contributed by atoms with Crippen molar-refractivity contribution in [3.8, 4) is 0 Å². The molecule has 0 spiro atoms. The Balaban J connectivity index is 1.15. The van der Waals surface area contributed by atoms with Crippen LogP contribution >= 0.6 is 212 Å². The highest BCUT2D eigenvalue weighted by Gasteiger charge is 2.65. The summed E-state index contributed by atoms with van der Waals surface area (Å²) in [6.45, 7) is 0. The maximum atomic E-state index is 7.41. The summed E-state index contributed by atoms with van der Waals surface area (Å²) in [5.41, 5.74) is 0. The SMILES string of the molecule is ClC1C(Cl)C(Br)C2C3NC(NC4NC(NC5NC(NC6NC(N3)C3C(Cl)C(Br)C(Cl)C(Br)C63)C3C(Cl)C(Br)C(Cl)C(Cl)C53)C3C(Br)C(Cl)C(Br)C(Cl)C43)C2C1Cl. The zero-order chi connectivity index (χ0) is 40.1. The molecular weight excluding hydrogens is 1330 g/mol. The van der Waals surface area contributed by atoms with Gasteiger partial charge in [-0.1, -0.05) is 95.6 Å². The second kappa shape index (κ2) is 17.8. The molecule has 5 saturated heterocycles.